The summed E-state index contributed by atoms with van der Waals surface area (Å²) < 4.78 is 28.7. The van der Waals surface area contributed by atoms with Crippen molar-refractivity contribution >= 4 is 11.8 Å². The van der Waals surface area contributed by atoms with Gasteiger partial charge in [-0.2, -0.15) is 8.78 Å². The maximum Gasteiger partial charge on any atom is 0.407 e. The Morgan fingerprint density at radius 3 is 2.55 bits per heavy atom. The zero-order valence-corrected chi connectivity index (χ0v) is 7.33. The fourth-order valence-corrected chi connectivity index (χ4v) is 0.556. The van der Waals surface area contributed by atoms with E-state index in [1.165, 1.54) is 6.26 Å². The molecule has 5 heteroatoms. The number of hydrogen-bond donors (Lipinski definition) is 1. The third kappa shape index (κ3) is 5.41. The zero-order valence-electron chi connectivity index (χ0n) is 6.51. The van der Waals surface area contributed by atoms with Crippen molar-refractivity contribution < 1.29 is 18.6 Å². The van der Waals surface area contributed by atoms with Crippen molar-refractivity contribution in [2.45, 2.75) is 24.9 Å². The number of rotatable bonds is 5. The van der Waals surface area contributed by atoms with Crippen LogP contribution in [0.25, 0.3) is 0 Å². The van der Waals surface area contributed by atoms with E-state index in [4.69, 9.17) is 5.11 Å². The molecule has 0 aliphatic carbocycles. The Hall–Kier alpha value is 0.130. The van der Waals surface area contributed by atoms with Gasteiger partial charge in [0, 0.05) is 0 Å². The Balaban J connectivity index is 3.52. The van der Waals surface area contributed by atoms with Crippen molar-refractivity contribution in [3.63, 3.8) is 0 Å². The van der Waals surface area contributed by atoms with Gasteiger partial charge in [-0.1, -0.05) is 18.7 Å². The lowest BCUT2D eigenvalue weighted by atomic mass is 10.3. The summed E-state index contributed by atoms with van der Waals surface area (Å²) in [6.45, 7) is 1.38. The summed E-state index contributed by atoms with van der Waals surface area (Å²) in [6, 6.07) is 0. The van der Waals surface area contributed by atoms with E-state index >= 15 is 0 Å². The topological polar surface area (TPSA) is 29.5 Å². The number of aliphatic hydroxyl groups is 1. The van der Waals surface area contributed by atoms with Crippen molar-refractivity contribution in [1.29, 1.82) is 0 Å². The minimum absolute atomic E-state index is 0.313. The van der Waals surface area contributed by atoms with Crippen molar-refractivity contribution in [3.05, 3.63) is 0 Å². The molecule has 0 bridgehead atoms. The van der Waals surface area contributed by atoms with Crippen molar-refractivity contribution in [2.75, 3.05) is 12.9 Å². The Morgan fingerprint density at radius 1 is 1.64 bits per heavy atom. The van der Waals surface area contributed by atoms with Crippen LogP contribution in [-0.2, 0) is 4.74 Å². The van der Waals surface area contributed by atoms with Gasteiger partial charge in [-0.15, -0.1) is 0 Å². The molecule has 0 saturated heterocycles. The maximum atomic E-state index is 12.3. The SMILES string of the molecule is CCC(O)COC(F)(F)SC. The fourth-order valence-electron chi connectivity index (χ4n) is 0.370. The smallest absolute Gasteiger partial charge is 0.391 e. The Kier molecular flexibility index (Phi) is 4.96. The van der Waals surface area contributed by atoms with Crippen LogP contribution in [0.3, 0.4) is 0 Å². The number of ether oxygens (including phenoxy) is 1. The first-order valence-corrected chi connectivity index (χ1v) is 4.49. The van der Waals surface area contributed by atoms with Crippen molar-refractivity contribution in [2.24, 2.45) is 0 Å². The van der Waals surface area contributed by atoms with Gasteiger partial charge in [-0.25, -0.2) is 0 Å². The summed E-state index contributed by atoms with van der Waals surface area (Å²) in [5.41, 5.74) is -3.17. The quantitative estimate of drug-likeness (QED) is 0.662. The van der Waals surface area contributed by atoms with Gasteiger partial charge >= 0.3 is 5.44 Å². The highest BCUT2D eigenvalue weighted by Gasteiger charge is 2.28. The molecule has 0 aromatic heterocycles. The minimum Gasteiger partial charge on any atom is -0.391 e. The van der Waals surface area contributed by atoms with Crippen molar-refractivity contribution in [1.82, 2.24) is 0 Å². The van der Waals surface area contributed by atoms with Crippen LogP contribution in [-0.4, -0.2) is 29.5 Å². The number of alkyl halides is 2. The molecule has 0 rings (SSSR count). The molecule has 1 atom stereocenters. The summed E-state index contributed by atoms with van der Waals surface area (Å²) in [4.78, 5) is 0. The predicted molar refractivity (Wildman–Crippen MR) is 40.7 cm³/mol. The van der Waals surface area contributed by atoms with Crippen LogP contribution >= 0.6 is 11.8 Å². The average Bonchev–Trinajstić information content (AvgIpc) is 2.00. The van der Waals surface area contributed by atoms with Gasteiger partial charge in [0.1, 0.15) is 0 Å². The lowest BCUT2D eigenvalue weighted by molar-refractivity contribution is -0.177. The second-order valence-electron chi connectivity index (χ2n) is 2.04. The Labute approximate surface area is 68.9 Å². The first-order chi connectivity index (χ1) is 5.02. The predicted octanol–water partition coefficient (Wildman–Crippen LogP) is 1.69. The van der Waals surface area contributed by atoms with E-state index in [-0.39, 0.29) is 6.61 Å². The van der Waals surface area contributed by atoms with Crippen LogP contribution in [0.4, 0.5) is 8.78 Å². The van der Waals surface area contributed by atoms with Crippen molar-refractivity contribution in [3.8, 4) is 0 Å². The van der Waals surface area contributed by atoms with Crippen LogP contribution in [0.15, 0.2) is 0 Å². The maximum absolute atomic E-state index is 12.3. The molecular weight excluding hydrogens is 174 g/mol. The van der Waals surface area contributed by atoms with E-state index < -0.39 is 11.5 Å². The van der Waals surface area contributed by atoms with Crippen LogP contribution < -0.4 is 0 Å². The van der Waals surface area contributed by atoms with E-state index in [1.807, 2.05) is 0 Å². The summed E-state index contributed by atoms with van der Waals surface area (Å²) in [7, 11) is 0. The molecule has 2 nitrogen and oxygen atoms in total. The van der Waals surface area contributed by atoms with Crippen LogP contribution in [0.5, 0.6) is 0 Å². The van der Waals surface area contributed by atoms with Gasteiger partial charge in [0.2, 0.25) is 0 Å². The minimum atomic E-state index is -3.17. The fraction of sp³-hybridized carbons (Fsp3) is 1.00. The Bertz CT molecular complexity index is 111. The molecule has 68 valence electrons. The summed E-state index contributed by atoms with van der Waals surface area (Å²) in [5.74, 6) is 0. The van der Waals surface area contributed by atoms with E-state index in [1.54, 1.807) is 6.92 Å². The molecule has 11 heavy (non-hydrogen) atoms. The molecule has 1 unspecified atom stereocenters. The number of hydrogen-bond acceptors (Lipinski definition) is 3. The van der Waals surface area contributed by atoms with Gasteiger partial charge in [-0.3, -0.25) is 0 Å². The van der Waals surface area contributed by atoms with Gasteiger partial charge in [-0.05, 0) is 12.7 Å². The standard InChI is InChI=1S/C6H12F2O2S/c1-3-5(9)4-10-6(7,8)11-2/h5,9H,3-4H2,1-2H3. The van der Waals surface area contributed by atoms with Gasteiger partial charge in [0.05, 0.1) is 12.7 Å². The Morgan fingerprint density at radius 2 is 2.18 bits per heavy atom. The third-order valence-corrected chi connectivity index (χ3v) is 1.75. The van der Waals surface area contributed by atoms with Crippen LogP contribution in [0, 0.1) is 0 Å². The highest BCUT2D eigenvalue weighted by molar-refractivity contribution is 7.99. The lowest BCUT2D eigenvalue weighted by Gasteiger charge is -2.15. The highest BCUT2D eigenvalue weighted by atomic mass is 32.2. The van der Waals surface area contributed by atoms with E-state index in [2.05, 4.69) is 4.74 Å². The van der Waals surface area contributed by atoms with Crippen LogP contribution in [0.1, 0.15) is 13.3 Å². The molecule has 0 amide bonds. The van der Waals surface area contributed by atoms with Gasteiger partial charge in [0.25, 0.3) is 0 Å². The second kappa shape index (κ2) is 4.90. The molecule has 0 fully saturated rings. The lowest BCUT2D eigenvalue weighted by Crippen LogP contribution is -2.23. The molecule has 0 spiro atoms. The number of thioether (sulfide) groups is 1. The van der Waals surface area contributed by atoms with E-state index in [0.717, 1.165) is 0 Å². The number of aliphatic hydroxyl groups excluding tert-OH is 1. The molecular formula is C6H12F2O2S. The second-order valence-corrected chi connectivity index (χ2v) is 2.92. The largest absolute Gasteiger partial charge is 0.407 e. The summed E-state index contributed by atoms with van der Waals surface area (Å²) in [5, 5.41) is 8.85. The third-order valence-electron chi connectivity index (χ3n) is 1.15. The first-order valence-electron chi connectivity index (χ1n) is 3.26. The molecule has 0 aromatic carbocycles. The summed E-state index contributed by atoms with van der Waals surface area (Å²) >= 11 is 0.313. The van der Waals surface area contributed by atoms with E-state index in [9.17, 15) is 8.78 Å². The molecule has 0 aromatic rings. The monoisotopic (exact) mass is 186 g/mol. The van der Waals surface area contributed by atoms with Gasteiger partial charge in [0.15, 0.2) is 0 Å². The molecule has 0 heterocycles. The van der Waals surface area contributed by atoms with E-state index in [0.29, 0.717) is 18.2 Å². The summed E-state index contributed by atoms with van der Waals surface area (Å²) in [6.07, 6.45) is 0.871. The molecule has 1 N–H and O–H groups in total. The molecule has 0 aliphatic heterocycles. The van der Waals surface area contributed by atoms with Crippen LogP contribution in [0.2, 0.25) is 0 Å². The molecule has 0 aliphatic rings. The van der Waals surface area contributed by atoms with Gasteiger partial charge < -0.3 is 9.84 Å². The zero-order chi connectivity index (χ0) is 8.91. The average molecular weight is 186 g/mol. The molecule has 0 saturated carbocycles. The molecule has 0 radical (unpaired) electrons. The first kappa shape index (κ1) is 11.1. The normalized spacial score (nSPS) is 15.0. The number of halogens is 2. The highest BCUT2D eigenvalue weighted by Crippen LogP contribution is 2.27.